The smallest absolute Gasteiger partial charge is 0.191 e. The molecule has 0 fully saturated rings. The number of carbonyl (C=O) groups is 1. The van der Waals surface area contributed by atoms with Gasteiger partial charge >= 0.3 is 0 Å². The summed E-state index contributed by atoms with van der Waals surface area (Å²) in [5.41, 5.74) is 3.25. The van der Waals surface area contributed by atoms with Crippen LogP contribution < -0.4 is 0 Å². The fourth-order valence-corrected chi connectivity index (χ4v) is 3.52. The van der Waals surface area contributed by atoms with Crippen molar-refractivity contribution >= 4 is 34.7 Å². The maximum atomic E-state index is 13.4. The first-order valence-electron chi connectivity index (χ1n) is 7.10. The topological polar surface area (TPSA) is 42.9 Å². The van der Waals surface area contributed by atoms with E-state index in [9.17, 15) is 9.18 Å². The van der Waals surface area contributed by atoms with Crippen molar-refractivity contribution in [2.75, 3.05) is 5.75 Å². The molecule has 0 N–H and O–H groups in total. The molecule has 0 saturated carbocycles. The molecule has 4 rings (SSSR count). The van der Waals surface area contributed by atoms with Gasteiger partial charge in [0.2, 0.25) is 0 Å². The van der Waals surface area contributed by atoms with Crippen LogP contribution in [0.25, 0.3) is 17.1 Å². The molecule has 2 heterocycles. The Labute approximate surface area is 136 Å². The lowest BCUT2D eigenvalue weighted by Gasteiger charge is -2.16. The Morgan fingerprint density at radius 1 is 1.13 bits per heavy atom. The number of carbonyl (C=O) groups excluding carboxylic acids is 1. The van der Waals surface area contributed by atoms with Crippen molar-refractivity contribution in [2.24, 2.45) is 0 Å². The van der Waals surface area contributed by atoms with E-state index in [1.54, 1.807) is 18.3 Å². The summed E-state index contributed by atoms with van der Waals surface area (Å²) < 4.78 is 13.4. The zero-order valence-electron chi connectivity index (χ0n) is 12.0. The molecule has 0 aliphatic carbocycles. The van der Waals surface area contributed by atoms with E-state index in [0.29, 0.717) is 22.6 Å². The molecule has 0 amide bonds. The molecular formula is C18H11FN2OS. The van der Waals surface area contributed by atoms with Gasteiger partial charge in [0.25, 0.3) is 0 Å². The number of halogens is 1. The predicted octanol–water partition coefficient (Wildman–Crippen LogP) is 4.14. The second kappa shape index (κ2) is 5.59. The molecule has 0 saturated heterocycles. The minimum atomic E-state index is -0.399. The molecule has 23 heavy (non-hydrogen) atoms. The van der Waals surface area contributed by atoms with Gasteiger partial charge in [-0.3, -0.25) is 9.78 Å². The lowest BCUT2D eigenvalue weighted by molar-refractivity contribution is 0.103. The fourth-order valence-electron chi connectivity index (χ4n) is 2.53. The van der Waals surface area contributed by atoms with Crippen LogP contribution in [0.5, 0.6) is 0 Å². The van der Waals surface area contributed by atoms with Crippen LogP contribution in [0.1, 0.15) is 16.1 Å². The summed E-state index contributed by atoms with van der Waals surface area (Å²) in [7, 11) is 0. The summed E-state index contributed by atoms with van der Waals surface area (Å²) in [6, 6.07) is 11.9. The van der Waals surface area contributed by atoms with Crippen LogP contribution in [0.15, 0.2) is 59.1 Å². The number of para-hydroxylation sites is 2. The van der Waals surface area contributed by atoms with Gasteiger partial charge in [-0.05, 0) is 36.4 Å². The standard InChI is InChI=1S/C18H11FN2OS/c19-12-5-6-17-14(8-12)18(22)11(10-23-17)7-13-9-20-15-3-1-2-4-16(15)21-13/h1-9H,10H2. The van der Waals surface area contributed by atoms with Crippen LogP contribution >= 0.6 is 11.8 Å². The zero-order chi connectivity index (χ0) is 15.8. The highest BCUT2D eigenvalue weighted by Gasteiger charge is 2.23. The summed E-state index contributed by atoms with van der Waals surface area (Å²) in [5.74, 6) is 0.00375. The van der Waals surface area contributed by atoms with E-state index in [2.05, 4.69) is 9.97 Å². The number of hydrogen-bond donors (Lipinski definition) is 0. The van der Waals surface area contributed by atoms with E-state index in [4.69, 9.17) is 0 Å². The number of aromatic nitrogens is 2. The summed E-state index contributed by atoms with van der Waals surface area (Å²) in [6.45, 7) is 0. The highest BCUT2D eigenvalue weighted by atomic mass is 32.2. The normalized spacial score (nSPS) is 15.9. The summed E-state index contributed by atoms with van der Waals surface area (Å²) in [5, 5.41) is 0. The molecule has 0 atom stereocenters. The van der Waals surface area contributed by atoms with Crippen LogP contribution in [-0.2, 0) is 0 Å². The highest BCUT2D eigenvalue weighted by Crippen LogP contribution is 2.33. The molecule has 1 aromatic heterocycles. The lowest BCUT2D eigenvalue weighted by Crippen LogP contribution is -2.12. The maximum absolute atomic E-state index is 13.4. The molecule has 112 valence electrons. The Bertz CT molecular complexity index is 968. The number of ketones is 1. The quantitative estimate of drug-likeness (QED) is 0.632. The summed E-state index contributed by atoms with van der Waals surface area (Å²) in [4.78, 5) is 22.2. The van der Waals surface area contributed by atoms with Crippen LogP contribution in [0.3, 0.4) is 0 Å². The highest BCUT2D eigenvalue weighted by molar-refractivity contribution is 7.99. The maximum Gasteiger partial charge on any atom is 0.191 e. The third kappa shape index (κ3) is 2.64. The Balaban J connectivity index is 1.74. The minimum Gasteiger partial charge on any atom is -0.289 e. The molecule has 0 spiro atoms. The molecule has 1 aliphatic rings. The van der Waals surface area contributed by atoms with Gasteiger partial charge in [-0.25, -0.2) is 9.37 Å². The van der Waals surface area contributed by atoms with Crippen molar-refractivity contribution in [1.29, 1.82) is 0 Å². The van der Waals surface area contributed by atoms with Gasteiger partial charge in [-0.15, -0.1) is 11.8 Å². The summed E-state index contributed by atoms with van der Waals surface area (Å²) >= 11 is 1.53. The lowest BCUT2D eigenvalue weighted by atomic mass is 10.0. The largest absolute Gasteiger partial charge is 0.289 e. The van der Waals surface area contributed by atoms with Gasteiger partial charge < -0.3 is 0 Å². The molecule has 0 unspecified atom stereocenters. The molecular weight excluding hydrogens is 311 g/mol. The van der Waals surface area contributed by atoms with Crippen LogP contribution in [0.4, 0.5) is 4.39 Å². The molecule has 0 radical (unpaired) electrons. The van der Waals surface area contributed by atoms with E-state index in [1.807, 2.05) is 24.3 Å². The van der Waals surface area contributed by atoms with Gasteiger partial charge in [0, 0.05) is 21.8 Å². The number of thioether (sulfide) groups is 1. The summed E-state index contributed by atoms with van der Waals surface area (Å²) in [6.07, 6.45) is 3.39. The van der Waals surface area contributed by atoms with E-state index >= 15 is 0 Å². The monoisotopic (exact) mass is 322 g/mol. The Morgan fingerprint density at radius 2 is 1.96 bits per heavy atom. The van der Waals surface area contributed by atoms with Crippen molar-refractivity contribution in [3.8, 4) is 0 Å². The zero-order valence-corrected chi connectivity index (χ0v) is 12.8. The van der Waals surface area contributed by atoms with Gasteiger partial charge in [-0.2, -0.15) is 0 Å². The van der Waals surface area contributed by atoms with E-state index in [1.165, 1.54) is 23.9 Å². The third-order valence-electron chi connectivity index (χ3n) is 3.65. The SMILES string of the molecule is O=C1C(=Cc2cnc3ccccc3n2)CSc2ccc(F)cc21. The Kier molecular flexibility index (Phi) is 3.42. The molecule has 5 heteroatoms. The number of benzene rings is 2. The molecule has 3 aromatic rings. The van der Waals surface area contributed by atoms with E-state index < -0.39 is 5.82 Å². The van der Waals surface area contributed by atoms with E-state index in [-0.39, 0.29) is 5.78 Å². The van der Waals surface area contributed by atoms with Gasteiger partial charge in [0.15, 0.2) is 5.78 Å². The third-order valence-corrected chi connectivity index (χ3v) is 4.77. The number of rotatable bonds is 1. The van der Waals surface area contributed by atoms with Crippen LogP contribution in [0, 0.1) is 5.82 Å². The number of hydrogen-bond acceptors (Lipinski definition) is 4. The second-order valence-electron chi connectivity index (χ2n) is 5.21. The van der Waals surface area contributed by atoms with Crippen molar-refractivity contribution in [2.45, 2.75) is 4.90 Å². The molecule has 0 bridgehead atoms. The number of Topliss-reactive ketones (excluding diaryl/α,β-unsaturated/α-hetero) is 1. The van der Waals surface area contributed by atoms with E-state index in [0.717, 1.165) is 15.9 Å². The van der Waals surface area contributed by atoms with Crippen molar-refractivity contribution < 1.29 is 9.18 Å². The molecule has 3 nitrogen and oxygen atoms in total. The second-order valence-corrected chi connectivity index (χ2v) is 6.23. The molecule has 2 aromatic carbocycles. The van der Waals surface area contributed by atoms with Crippen LogP contribution in [0.2, 0.25) is 0 Å². The van der Waals surface area contributed by atoms with Crippen molar-refractivity contribution in [3.63, 3.8) is 0 Å². The number of nitrogens with zero attached hydrogens (tertiary/aromatic N) is 2. The Hall–Kier alpha value is -2.53. The first-order valence-corrected chi connectivity index (χ1v) is 8.09. The number of fused-ring (bicyclic) bond motifs is 2. The van der Waals surface area contributed by atoms with Crippen molar-refractivity contribution in [1.82, 2.24) is 9.97 Å². The molecule has 1 aliphatic heterocycles. The van der Waals surface area contributed by atoms with Gasteiger partial charge in [-0.1, -0.05) is 12.1 Å². The average Bonchev–Trinajstić information content (AvgIpc) is 2.58. The van der Waals surface area contributed by atoms with Crippen molar-refractivity contribution in [3.05, 3.63) is 71.3 Å². The van der Waals surface area contributed by atoms with Crippen LogP contribution in [-0.4, -0.2) is 21.5 Å². The minimum absolute atomic E-state index is 0.145. The Morgan fingerprint density at radius 3 is 2.83 bits per heavy atom. The average molecular weight is 322 g/mol. The van der Waals surface area contributed by atoms with Gasteiger partial charge in [0.05, 0.1) is 22.9 Å². The first-order chi connectivity index (χ1) is 11.2. The fraction of sp³-hybridized carbons (Fsp3) is 0.0556. The predicted molar refractivity (Wildman–Crippen MR) is 89.0 cm³/mol. The van der Waals surface area contributed by atoms with Gasteiger partial charge in [0.1, 0.15) is 5.82 Å². The first kappa shape index (κ1) is 14.1.